The molecule has 0 unspecified atom stereocenters. The molecule has 0 aliphatic carbocycles. The third-order valence-electron chi connectivity index (χ3n) is 0.167. The molecule has 52 valence electrons. The van der Waals surface area contributed by atoms with E-state index in [4.69, 9.17) is 19.8 Å². The van der Waals surface area contributed by atoms with Gasteiger partial charge in [-0.2, -0.15) is 0 Å². The van der Waals surface area contributed by atoms with Crippen LogP contribution in [0, 0.1) is 0 Å². The van der Waals surface area contributed by atoms with Crippen LogP contribution in [0.25, 0.3) is 0 Å². The molecule has 0 aromatic rings. The van der Waals surface area contributed by atoms with E-state index in [-0.39, 0.29) is 88.7 Å². The van der Waals surface area contributed by atoms with Crippen molar-refractivity contribution in [1.82, 2.24) is 0 Å². The fraction of sp³-hybridized carbons (Fsp3) is 0.200. The molecule has 0 aromatic heterocycles. The van der Waals surface area contributed by atoms with Crippen molar-refractivity contribution in [2.24, 2.45) is 0 Å². The minimum absolute atomic E-state index is 0. The first kappa shape index (κ1) is 29.2. The maximum absolute atomic E-state index is 9.14. The number of carbonyl (C=O) groups excluding carboxylic acids is 2. The molecule has 12 heavy (non-hydrogen) atoms. The van der Waals surface area contributed by atoms with Crippen LogP contribution in [0.1, 0.15) is 6.92 Å². The van der Waals surface area contributed by atoms with Gasteiger partial charge in [-0.15, -0.1) is 0 Å². The molecule has 0 aliphatic rings. The molecule has 0 radical (unpaired) electrons. The van der Waals surface area contributed by atoms with Crippen LogP contribution in [-0.2, 0) is 9.59 Å². The number of hydrogen-bond acceptors (Lipinski definition) is 4. The Hall–Kier alpha value is 1.68. The van der Waals surface area contributed by atoms with Gasteiger partial charge in [0, 0.05) is 5.97 Å². The Kier molecular flexibility index (Phi) is 55.9. The zero-order valence-corrected chi connectivity index (χ0v) is 13.9. The van der Waals surface area contributed by atoms with Gasteiger partial charge in [0.25, 0.3) is 0 Å². The summed E-state index contributed by atoms with van der Waals surface area (Å²) < 4.78 is 0. The van der Waals surface area contributed by atoms with Crippen molar-refractivity contribution in [2.75, 3.05) is 0 Å². The number of carboxylic acid groups (broad SMARTS) is 2. The van der Waals surface area contributed by atoms with Crippen molar-refractivity contribution in [3.8, 4) is 0 Å². The largest absolute Gasteiger partial charge is 1.00 e. The summed E-state index contributed by atoms with van der Waals surface area (Å²) in [7, 11) is 0. The van der Waals surface area contributed by atoms with Gasteiger partial charge in [-0.25, -0.2) is 0 Å². The maximum atomic E-state index is 9.14. The average Bonchev–Trinajstić information content (AvgIpc) is 1.65. The van der Waals surface area contributed by atoms with Gasteiger partial charge in [-0.1, -0.05) is 6.58 Å². The van der Waals surface area contributed by atoms with Crippen LogP contribution in [0.2, 0.25) is 0 Å². The molecule has 0 bridgehead atoms. The monoisotopic (exact) mass is 199 g/mol. The molecule has 0 aromatic carbocycles. The van der Waals surface area contributed by atoms with E-state index < -0.39 is 11.9 Å². The summed E-state index contributed by atoms with van der Waals surface area (Å²) in [5.74, 6) is -2.31. The molecular weight excluding hydrogens is 193 g/mol. The minimum Gasteiger partial charge on any atom is -0.550 e. The quantitative estimate of drug-likeness (QED) is 0.310. The summed E-state index contributed by atoms with van der Waals surface area (Å²) in [5.41, 5.74) is 0. The van der Waals surface area contributed by atoms with Gasteiger partial charge in [0.05, 0.1) is 5.97 Å². The van der Waals surface area contributed by atoms with Crippen LogP contribution in [0.3, 0.4) is 0 Å². The average molecular weight is 199 g/mol. The Labute approximate surface area is 138 Å². The summed E-state index contributed by atoms with van der Waals surface area (Å²) in [6.07, 6.45) is 0.722. The number of carbonyl (C=O) groups is 2. The zero-order valence-electron chi connectivity index (χ0n) is 7.92. The van der Waals surface area contributed by atoms with Gasteiger partial charge in [0.2, 0.25) is 0 Å². The van der Waals surface area contributed by atoms with Gasteiger partial charge in [-0.05, 0) is 13.0 Å². The minimum atomic E-state index is -1.23. The van der Waals surface area contributed by atoms with Crippen LogP contribution < -0.4 is 98.9 Å². The van der Waals surface area contributed by atoms with Crippen LogP contribution in [0.15, 0.2) is 12.7 Å². The Bertz CT molecular complexity index is 122. The van der Waals surface area contributed by atoms with Gasteiger partial charge in [0.15, 0.2) is 0 Å². The summed E-state index contributed by atoms with van der Waals surface area (Å²) in [5, 5.41) is 18.0. The second-order valence-electron chi connectivity index (χ2n) is 1.01. The van der Waals surface area contributed by atoms with Crippen molar-refractivity contribution in [2.45, 2.75) is 6.92 Å². The predicted molar refractivity (Wildman–Crippen MR) is 25.9 cm³/mol. The number of carboxylic acids is 2. The first-order valence-corrected chi connectivity index (χ1v) is 2.01. The Morgan fingerprint density at radius 3 is 1.25 bits per heavy atom. The molecule has 0 amide bonds. The summed E-state index contributed by atoms with van der Waals surface area (Å²) >= 11 is 0. The first-order valence-electron chi connectivity index (χ1n) is 2.01. The van der Waals surface area contributed by atoms with Crippen LogP contribution in [0.4, 0.5) is 0 Å². The third kappa shape index (κ3) is 98.4. The van der Waals surface area contributed by atoms with Gasteiger partial charge in [-0.3, -0.25) is 0 Å². The van der Waals surface area contributed by atoms with Crippen molar-refractivity contribution in [3.05, 3.63) is 12.7 Å². The fourth-order valence-electron chi connectivity index (χ4n) is 0. The molecule has 0 heterocycles. The van der Waals surface area contributed by atoms with Crippen LogP contribution in [0.5, 0.6) is 0 Å². The Balaban J connectivity index is -0.0000000221. The van der Waals surface area contributed by atoms with E-state index in [1.54, 1.807) is 0 Å². The van der Waals surface area contributed by atoms with Gasteiger partial charge < -0.3 is 19.8 Å². The van der Waals surface area contributed by atoms with Crippen LogP contribution in [-0.4, -0.2) is 11.9 Å². The topological polar surface area (TPSA) is 80.3 Å². The summed E-state index contributed by atoms with van der Waals surface area (Å²) in [6, 6.07) is 0. The predicted octanol–water partition coefficient (Wildman–Crippen LogP) is -11.3. The van der Waals surface area contributed by atoms with E-state index in [0.717, 1.165) is 13.0 Å². The smallest absolute Gasteiger partial charge is 0.550 e. The van der Waals surface area contributed by atoms with Crippen molar-refractivity contribution < 1.29 is 108 Å². The van der Waals surface area contributed by atoms with Crippen molar-refractivity contribution in [3.63, 3.8) is 0 Å². The molecular formula is C5H6Na3O4+. The zero-order chi connectivity index (χ0) is 7.86. The summed E-state index contributed by atoms with van der Waals surface area (Å²) in [6.45, 7) is 3.87. The van der Waals surface area contributed by atoms with Gasteiger partial charge >= 0.3 is 88.7 Å². The summed E-state index contributed by atoms with van der Waals surface area (Å²) in [4.78, 5) is 18.0. The standard InChI is InChI=1S/C3H4O2.C2H4O2.3Na/c1-2-3(4)5;1-2(3)4;;;/h2H,1H2,(H,4,5);1H3,(H,3,4);;;/q;;3*+1/p-2. The fourth-order valence-corrected chi connectivity index (χ4v) is 0. The molecule has 0 atom stereocenters. The SMILES string of the molecule is C=CC(=O)[O-].CC(=O)[O-].[Na+].[Na+].[Na+]. The molecule has 0 saturated carbocycles. The van der Waals surface area contributed by atoms with Crippen molar-refractivity contribution >= 4 is 11.9 Å². The molecule has 4 nitrogen and oxygen atoms in total. The van der Waals surface area contributed by atoms with E-state index in [1.807, 2.05) is 0 Å². The third-order valence-corrected chi connectivity index (χ3v) is 0.167. The molecule has 0 fully saturated rings. The Morgan fingerprint density at radius 2 is 1.25 bits per heavy atom. The van der Waals surface area contributed by atoms with E-state index in [0.29, 0.717) is 0 Å². The first-order chi connectivity index (χ1) is 4.00. The molecule has 0 spiro atoms. The number of hydrogen-bond donors (Lipinski definition) is 0. The van der Waals surface area contributed by atoms with Gasteiger partial charge in [0.1, 0.15) is 0 Å². The van der Waals surface area contributed by atoms with E-state index in [2.05, 4.69) is 6.58 Å². The van der Waals surface area contributed by atoms with Crippen molar-refractivity contribution in [1.29, 1.82) is 0 Å². The second-order valence-corrected chi connectivity index (χ2v) is 1.01. The Morgan fingerprint density at radius 1 is 1.17 bits per heavy atom. The maximum Gasteiger partial charge on any atom is 1.00 e. The molecule has 0 aliphatic heterocycles. The molecule has 7 heteroatoms. The molecule has 0 rings (SSSR count). The number of rotatable bonds is 1. The van der Waals surface area contributed by atoms with E-state index in [9.17, 15) is 0 Å². The molecule has 0 N–H and O–H groups in total. The van der Waals surface area contributed by atoms with E-state index in [1.165, 1.54) is 0 Å². The van der Waals surface area contributed by atoms with Crippen LogP contribution >= 0.6 is 0 Å². The molecule has 0 saturated heterocycles. The second kappa shape index (κ2) is 23.0. The normalized spacial score (nSPS) is 4.75. The van der Waals surface area contributed by atoms with E-state index >= 15 is 0 Å². The number of aliphatic carboxylic acids is 2.